The number of aliphatic hydroxyl groups is 2. The summed E-state index contributed by atoms with van der Waals surface area (Å²) in [6.45, 7) is 6.65. The van der Waals surface area contributed by atoms with Gasteiger partial charge < -0.3 is 24.8 Å². The maximum absolute atomic E-state index is 10.7. The van der Waals surface area contributed by atoms with E-state index >= 15 is 0 Å². The molecule has 0 amide bonds. The van der Waals surface area contributed by atoms with E-state index in [1.807, 2.05) is 6.92 Å². The normalized spacial score (nSPS) is 23.5. The number of anilines is 1. The first-order chi connectivity index (χ1) is 15.4. The molecule has 174 valence electrons. The van der Waals surface area contributed by atoms with Gasteiger partial charge in [-0.3, -0.25) is 9.29 Å². The van der Waals surface area contributed by atoms with Gasteiger partial charge in [0.2, 0.25) is 0 Å². The highest BCUT2D eigenvalue weighted by Gasteiger charge is 2.47. The molecule has 4 N–H and O–H groups in total. The average molecular weight is 465 g/mol. The number of rotatable bonds is 9. The summed E-state index contributed by atoms with van der Waals surface area (Å²) in [6, 6.07) is 0. The zero-order valence-electron chi connectivity index (χ0n) is 18.4. The van der Waals surface area contributed by atoms with E-state index in [4.69, 9.17) is 9.26 Å². The third kappa shape index (κ3) is 4.43. The molecule has 12 nitrogen and oxygen atoms in total. The Kier molecular flexibility index (Phi) is 6.90. The Morgan fingerprint density at radius 2 is 2.00 bits per heavy atom. The van der Waals surface area contributed by atoms with E-state index in [1.54, 1.807) is 23.6 Å². The molecular weight excluding hydrogens is 436 g/mol. The summed E-state index contributed by atoms with van der Waals surface area (Å²) in [7, 11) is 1.76. The van der Waals surface area contributed by atoms with Crippen LogP contribution in [0.25, 0.3) is 11.2 Å². The number of aromatic nitrogens is 6. The van der Waals surface area contributed by atoms with Crippen molar-refractivity contribution in [3.8, 4) is 0 Å². The predicted octanol–water partition coefficient (Wildman–Crippen LogP) is 1.20. The number of nitrogens with zero attached hydrogens (tertiary/aromatic N) is 6. The van der Waals surface area contributed by atoms with Crippen molar-refractivity contribution in [1.29, 1.82) is 0 Å². The van der Waals surface area contributed by atoms with Crippen LogP contribution in [0.5, 0.6) is 0 Å². The van der Waals surface area contributed by atoms with E-state index < -0.39 is 24.5 Å². The van der Waals surface area contributed by atoms with Crippen LogP contribution in [-0.4, -0.2) is 64.9 Å². The van der Waals surface area contributed by atoms with Crippen molar-refractivity contribution in [3.63, 3.8) is 0 Å². The number of hydrogen-bond acceptors (Lipinski definition) is 12. The summed E-state index contributed by atoms with van der Waals surface area (Å²) >= 11 is 1.62. The molecule has 0 radical (unpaired) electrons. The summed E-state index contributed by atoms with van der Waals surface area (Å²) in [5, 5.41) is 28.2. The molecule has 0 bridgehead atoms. The standard InChI is InChI=1S/C19H28N8O4S/c1-5-10-25-18(31-26-10)15-13(28)14(29)19(30-15)27-8-21-12-16(20-4)23-11(24-17(12)27)6-22-32-7-9(2)3/h8-9,13-15,19,22,28-29H,5-7H2,1-4H3,(H,20,23,24)/t13-,14+,15-,19+/m0/s1. The number of aliphatic hydroxyl groups excluding tert-OH is 2. The van der Waals surface area contributed by atoms with Gasteiger partial charge in [-0.15, -0.1) is 0 Å². The quantitative estimate of drug-likeness (QED) is 0.265. The fourth-order valence-electron chi connectivity index (χ4n) is 3.36. The van der Waals surface area contributed by atoms with Crippen molar-refractivity contribution in [2.45, 2.75) is 58.3 Å². The summed E-state index contributed by atoms with van der Waals surface area (Å²) in [4.78, 5) is 17.8. The fourth-order valence-corrected chi connectivity index (χ4v) is 4.04. The molecule has 3 aromatic heterocycles. The van der Waals surface area contributed by atoms with Crippen LogP contribution in [0.15, 0.2) is 10.9 Å². The molecule has 0 unspecified atom stereocenters. The maximum Gasteiger partial charge on any atom is 0.258 e. The Morgan fingerprint density at radius 3 is 2.69 bits per heavy atom. The van der Waals surface area contributed by atoms with Gasteiger partial charge in [-0.1, -0.05) is 37.9 Å². The highest BCUT2D eigenvalue weighted by molar-refractivity contribution is 7.97. The molecule has 4 heterocycles. The third-order valence-corrected chi connectivity index (χ3v) is 6.19. The Balaban J connectivity index is 1.61. The first-order valence-electron chi connectivity index (χ1n) is 10.5. The van der Waals surface area contributed by atoms with Gasteiger partial charge in [0.25, 0.3) is 5.89 Å². The van der Waals surface area contributed by atoms with Gasteiger partial charge in [0.1, 0.15) is 18.0 Å². The number of ether oxygens (including phenoxy) is 1. The van der Waals surface area contributed by atoms with Crippen LogP contribution in [0.3, 0.4) is 0 Å². The van der Waals surface area contributed by atoms with E-state index in [0.717, 1.165) is 5.75 Å². The van der Waals surface area contributed by atoms with Crippen LogP contribution in [0.4, 0.5) is 5.82 Å². The lowest BCUT2D eigenvalue weighted by Crippen LogP contribution is -2.29. The summed E-state index contributed by atoms with van der Waals surface area (Å²) < 4.78 is 16.0. The maximum atomic E-state index is 10.7. The number of imidazole rings is 1. The van der Waals surface area contributed by atoms with Crippen LogP contribution in [0.1, 0.15) is 50.6 Å². The van der Waals surface area contributed by atoms with E-state index in [1.165, 1.54) is 6.33 Å². The lowest BCUT2D eigenvalue weighted by atomic mass is 10.1. The zero-order valence-corrected chi connectivity index (χ0v) is 19.2. The van der Waals surface area contributed by atoms with Gasteiger partial charge in [0.05, 0.1) is 12.9 Å². The van der Waals surface area contributed by atoms with Gasteiger partial charge >= 0.3 is 0 Å². The first-order valence-corrected chi connectivity index (χ1v) is 11.5. The van der Waals surface area contributed by atoms with Gasteiger partial charge in [-0.05, 0) is 5.92 Å². The van der Waals surface area contributed by atoms with Crippen molar-refractivity contribution >= 4 is 28.9 Å². The molecule has 1 fully saturated rings. The summed E-state index contributed by atoms with van der Waals surface area (Å²) in [5.74, 6) is 3.29. The topological polar surface area (TPSA) is 156 Å². The Hall–Kier alpha value is -2.32. The van der Waals surface area contributed by atoms with Crippen molar-refractivity contribution in [2.24, 2.45) is 5.92 Å². The predicted molar refractivity (Wildman–Crippen MR) is 118 cm³/mol. The molecule has 0 aliphatic carbocycles. The molecule has 4 atom stereocenters. The average Bonchev–Trinajstić information content (AvgIpc) is 3.49. The Labute approximate surface area is 189 Å². The van der Waals surface area contributed by atoms with Crippen LogP contribution < -0.4 is 10.0 Å². The van der Waals surface area contributed by atoms with Crippen LogP contribution in [-0.2, 0) is 17.7 Å². The molecule has 1 aliphatic heterocycles. The summed E-state index contributed by atoms with van der Waals surface area (Å²) in [5.41, 5.74) is 1.01. The summed E-state index contributed by atoms with van der Waals surface area (Å²) in [6.07, 6.45) is -2.29. The highest BCUT2D eigenvalue weighted by atomic mass is 32.2. The first kappa shape index (κ1) is 22.9. The number of nitrogens with one attached hydrogen (secondary N) is 2. The van der Waals surface area contributed by atoms with Crippen LogP contribution in [0, 0.1) is 5.92 Å². The molecule has 0 aromatic carbocycles. The Bertz CT molecular complexity index is 1060. The van der Waals surface area contributed by atoms with Crippen LogP contribution >= 0.6 is 11.9 Å². The lowest BCUT2D eigenvalue weighted by Gasteiger charge is -2.17. The molecule has 32 heavy (non-hydrogen) atoms. The molecule has 0 saturated carbocycles. The molecule has 4 rings (SSSR count). The molecule has 13 heteroatoms. The fraction of sp³-hybridized carbons (Fsp3) is 0.632. The van der Waals surface area contributed by atoms with Crippen LogP contribution in [0.2, 0.25) is 0 Å². The molecule has 3 aromatic rings. The Morgan fingerprint density at radius 1 is 1.19 bits per heavy atom. The lowest BCUT2D eigenvalue weighted by molar-refractivity contribution is -0.0451. The minimum Gasteiger partial charge on any atom is -0.387 e. The van der Waals surface area contributed by atoms with Gasteiger partial charge in [-0.2, -0.15) is 4.98 Å². The van der Waals surface area contributed by atoms with Gasteiger partial charge in [0, 0.05) is 19.2 Å². The van der Waals surface area contributed by atoms with Gasteiger partial charge in [0.15, 0.2) is 35.1 Å². The number of fused-ring (bicyclic) bond motifs is 1. The molecule has 0 spiro atoms. The molecule has 1 saturated heterocycles. The van der Waals surface area contributed by atoms with E-state index in [-0.39, 0.29) is 5.89 Å². The SMILES string of the molecule is CCc1noc([C@H]2O[C@@H](n3cnc4c(NC)nc(CNSCC(C)C)nc43)[C@H](O)[C@@H]2O)n1. The third-order valence-electron chi connectivity index (χ3n) is 5.01. The second-order valence-corrected chi connectivity index (χ2v) is 8.83. The second-order valence-electron chi connectivity index (χ2n) is 7.92. The minimum atomic E-state index is -1.25. The van der Waals surface area contributed by atoms with E-state index in [0.29, 0.717) is 47.5 Å². The monoisotopic (exact) mass is 464 g/mol. The number of hydrogen-bond donors (Lipinski definition) is 4. The van der Waals surface area contributed by atoms with Crippen molar-refractivity contribution in [2.75, 3.05) is 18.1 Å². The molecular formula is C19H28N8O4S. The molecule has 1 aliphatic rings. The van der Waals surface area contributed by atoms with E-state index in [9.17, 15) is 10.2 Å². The number of aryl methyl sites for hydroxylation is 1. The second kappa shape index (κ2) is 9.67. The van der Waals surface area contributed by atoms with Gasteiger partial charge in [-0.25, -0.2) is 15.0 Å². The van der Waals surface area contributed by atoms with Crippen molar-refractivity contribution in [3.05, 3.63) is 23.9 Å². The minimum absolute atomic E-state index is 0.123. The van der Waals surface area contributed by atoms with Crippen molar-refractivity contribution < 1.29 is 19.5 Å². The van der Waals surface area contributed by atoms with E-state index in [2.05, 4.69) is 49.0 Å². The smallest absolute Gasteiger partial charge is 0.258 e. The largest absolute Gasteiger partial charge is 0.387 e. The van der Waals surface area contributed by atoms with Crippen molar-refractivity contribution in [1.82, 2.24) is 34.4 Å². The zero-order chi connectivity index (χ0) is 22.8. The highest BCUT2D eigenvalue weighted by Crippen LogP contribution is 2.39.